The molecule has 1 atom stereocenters. The summed E-state index contributed by atoms with van der Waals surface area (Å²) < 4.78 is 0. The first-order valence-corrected chi connectivity index (χ1v) is 9.61. The molecular formula is C23H26N4O. The third-order valence-corrected chi connectivity index (χ3v) is 4.67. The molecule has 0 spiro atoms. The first-order chi connectivity index (χ1) is 13.6. The molecule has 0 bridgehead atoms. The van der Waals surface area contributed by atoms with Crippen LogP contribution < -0.4 is 10.6 Å². The molecule has 2 N–H and O–H groups in total. The average molecular weight is 374 g/mol. The van der Waals surface area contributed by atoms with Crippen LogP contribution in [0.5, 0.6) is 0 Å². The van der Waals surface area contributed by atoms with Gasteiger partial charge < -0.3 is 10.6 Å². The predicted molar refractivity (Wildman–Crippen MR) is 114 cm³/mol. The zero-order chi connectivity index (χ0) is 19.9. The standard InChI is InChI=1S/C23H26N4O/c1-4-11-20(23(28)25-19-14-9-6-10-15-19)26-21-16(2)17(3)24-22(27-21)18-12-7-5-8-13-18/h5-10,12-15,20H,4,11H2,1-3H3,(H,25,28)(H,24,26,27). The number of anilines is 2. The molecule has 1 aromatic heterocycles. The quantitative estimate of drug-likeness (QED) is 0.612. The van der Waals surface area contributed by atoms with Gasteiger partial charge in [-0.05, 0) is 32.4 Å². The van der Waals surface area contributed by atoms with Gasteiger partial charge in [-0.3, -0.25) is 4.79 Å². The third-order valence-electron chi connectivity index (χ3n) is 4.67. The maximum atomic E-state index is 12.8. The minimum absolute atomic E-state index is 0.0648. The van der Waals surface area contributed by atoms with E-state index in [9.17, 15) is 4.79 Å². The number of rotatable bonds is 7. The SMILES string of the molecule is CCCC(Nc1nc(-c2ccccc2)nc(C)c1C)C(=O)Nc1ccccc1. The van der Waals surface area contributed by atoms with Crippen molar-refractivity contribution >= 4 is 17.4 Å². The average Bonchev–Trinajstić information content (AvgIpc) is 2.72. The molecular weight excluding hydrogens is 348 g/mol. The van der Waals surface area contributed by atoms with Crippen molar-refractivity contribution < 1.29 is 4.79 Å². The Morgan fingerprint density at radius 3 is 2.25 bits per heavy atom. The Balaban J connectivity index is 1.86. The number of aryl methyl sites for hydroxylation is 1. The fourth-order valence-corrected chi connectivity index (χ4v) is 2.96. The molecule has 0 saturated carbocycles. The Morgan fingerprint density at radius 1 is 0.964 bits per heavy atom. The molecule has 0 aliphatic carbocycles. The number of aromatic nitrogens is 2. The fraction of sp³-hybridized carbons (Fsp3) is 0.261. The normalized spacial score (nSPS) is 11.7. The molecule has 3 rings (SSSR count). The van der Waals surface area contributed by atoms with Crippen LogP contribution in [-0.4, -0.2) is 21.9 Å². The van der Waals surface area contributed by atoms with Crippen LogP contribution in [0.2, 0.25) is 0 Å². The van der Waals surface area contributed by atoms with Gasteiger partial charge in [0.05, 0.1) is 0 Å². The van der Waals surface area contributed by atoms with Crippen molar-refractivity contribution in [3.63, 3.8) is 0 Å². The van der Waals surface area contributed by atoms with E-state index in [2.05, 4.69) is 22.5 Å². The summed E-state index contributed by atoms with van der Waals surface area (Å²) in [5.74, 6) is 1.29. The highest BCUT2D eigenvalue weighted by molar-refractivity contribution is 5.96. The van der Waals surface area contributed by atoms with Crippen molar-refractivity contribution in [2.45, 2.75) is 39.7 Å². The lowest BCUT2D eigenvalue weighted by Crippen LogP contribution is -2.35. The van der Waals surface area contributed by atoms with Crippen LogP contribution in [0.1, 0.15) is 31.0 Å². The van der Waals surface area contributed by atoms with Crippen LogP contribution >= 0.6 is 0 Å². The van der Waals surface area contributed by atoms with E-state index in [1.54, 1.807) is 0 Å². The number of hydrogen-bond donors (Lipinski definition) is 2. The molecule has 1 unspecified atom stereocenters. The summed E-state index contributed by atoms with van der Waals surface area (Å²) in [5.41, 5.74) is 3.59. The number of hydrogen-bond acceptors (Lipinski definition) is 4. The van der Waals surface area contributed by atoms with Gasteiger partial charge >= 0.3 is 0 Å². The van der Waals surface area contributed by atoms with E-state index in [4.69, 9.17) is 4.98 Å². The van der Waals surface area contributed by atoms with E-state index in [-0.39, 0.29) is 11.9 Å². The summed E-state index contributed by atoms with van der Waals surface area (Å²) in [7, 11) is 0. The van der Waals surface area contributed by atoms with Gasteiger partial charge in [0, 0.05) is 22.5 Å². The maximum Gasteiger partial charge on any atom is 0.246 e. The van der Waals surface area contributed by atoms with Crippen molar-refractivity contribution in [2.75, 3.05) is 10.6 Å². The van der Waals surface area contributed by atoms with Crippen LogP contribution in [0.3, 0.4) is 0 Å². The molecule has 0 saturated heterocycles. The molecule has 144 valence electrons. The number of nitrogens with zero attached hydrogens (tertiary/aromatic N) is 2. The van der Waals surface area contributed by atoms with Gasteiger partial charge in [-0.25, -0.2) is 9.97 Å². The highest BCUT2D eigenvalue weighted by Crippen LogP contribution is 2.23. The van der Waals surface area contributed by atoms with Crippen LogP contribution in [0.15, 0.2) is 60.7 Å². The van der Waals surface area contributed by atoms with E-state index >= 15 is 0 Å². The minimum Gasteiger partial charge on any atom is -0.358 e. The van der Waals surface area contributed by atoms with Crippen LogP contribution in [-0.2, 0) is 4.79 Å². The molecule has 0 aliphatic heterocycles. The number of carbonyl (C=O) groups excluding carboxylic acids is 1. The number of benzene rings is 2. The summed E-state index contributed by atoms with van der Waals surface area (Å²) in [6.45, 7) is 6.01. The second-order valence-electron chi connectivity index (χ2n) is 6.81. The van der Waals surface area contributed by atoms with E-state index in [1.807, 2.05) is 74.5 Å². The number of nitrogens with one attached hydrogen (secondary N) is 2. The number of para-hydroxylation sites is 1. The van der Waals surface area contributed by atoms with Gasteiger partial charge in [-0.2, -0.15) is 0 Å². The topological polar surface area (TPSA) is 66.9 Å². The third kappa shape index (κ3) is 4.74. The minimum atomic E-state index is -0.373. The molecule has 5 nitrogen and oxygen atoms in total. The second-order valence-corrected chi connectivity index (χ2v) is 6.81. The molecule has 3 aromatic rings. The lowest BCUT2D eigenvalue weighted by Gasteiger charge is -2.20. The Kier molecular flexibility index (Phi) is 6.37. The predicted octanol–water partition coefficient (Wildman–Crippen LogP) is 4.98. The van der Waals surface area contributed by atoms with Crippen molar-refractivity contribution in [3.8, 4) is 11.4 Å². The molecule has 2 aromatic carbocycles. The Hall–Kier alpha value is -3.21. The van der Waals surface area contributed by atoms with E-state index in [0.717, 1.165) is 28.9 Å². The van der Waals surface area contributed by atoms with Crippen LogP contribution in [0.4, 0.5) is 11.5 Å². The van der Waals surface area contributed by atoms with Gasteiger partial charge in [0.1, 0.15) is 11.9 Å². The first kappa shape index (κ1) is 19.5. The molecule has 1 heterocycles. The van der Waals surface area contributed by atoms with E-state index in [1.165, 1.54) is 0 Å². The van der Waals surface area contributed by atoms with Crippen molar-refractivity contribution in [1.29, 1.82) is 0 Å². The number of carbonyl (C=O) groups is 1. The second kappa shape index (κ2) is 9.13. The molecule has 5 heteroatoms. The van der Waals surface area contributed by atoms with E-state index < -0.39 is 0 Å². The Morgan fingerprint density at radius 2 is 1.61 bits per heavy atom. The zero-order valence-corrected chi connectivity index (χ0v) is 16.6. The summed E-state index contributed by atoms with van der Waals surface area (Å²) in [6, 6.07) is 19.0. The Bertz CT molecular complexity index is 926. The number of amides is 1. The first-order valence-electron chi connectivity index (χ1n) is 9.61. The van der Waals surface area contributed by atoms with Gasteiger partial charge in [-0.15, -0.1) is 0 Å². The monoisotopic (exact) mass is 374 g/mol. The largest absolute Gasteiger partial charge is 0.358 e. The van der Waals surface area contributed by atoms with Gasteiger partial charge in [-0.1, -0.05) is 61.9 Å². The lowest BCUT2D eigenvalue weighted by atomic mass is 10.1. The van der Waals surface area contributed by atoms with Gasteiger partial charge in [0.2, 0.25) is 5.91 Å². The highest BCUT2D eigenvalue weighted by atomic mass is 16.2. The Labute approximate surface area is 166 Å². The zero-order valence-electron chi connectivity index (χ0n) is 16.6. The molecule has 0 fully saturated rings. The fourth-order valence-electron chi connectivity index (χ4n) is 2.96. The highest BCUT2D eigenvalue weighted by Gasteiger charge is 2.20. The molecule has 0 aliphatic rings. The summed E-state index contributed by atoms with van der Waals surface area (Å²) in [6.07, 6.45) is 1.59. The summed E-state index contributed by atoms with van der Waals surface area (Å²) in [4.78, 5) is 22.2. The summed E-state index contributed by atoms with van der Waals surface area (Å²) in [5, 5.41) is 6.34. The summed E-state index contributed by atoms with van der Waals surface area (Å²) >= 11 is 0. The van der Waals surface area contributed by atoms with Crippen molar-refractivity contribution in [3.05, 3.63) is 71.9 Å². The van der Waals surface area contributed by atoms with Crippen LogP contribution in [0, 0.1) is 13.8 Å². The smallest absolute Gasteiger partial charge is 0.246 e. The van der Waals surface area contributed by atoms with Gasteiger partial charge in [0.15, 0.2) is 5.82 Å². The maximum absolute atomic E-state index is 12.8. The molecule has 1 amide bonds. The molecule has 0 radical (unpaired) electrons. The van der Waals surface area contributed by atoms with Crippen molar-refractivity contribution in [1.82, 2.24) is 9.97 Å². The lowest BCUT2D eigenvalue weighted by molar-refractivity contribution is -0.117. The van der Waals surface area contributed by atoms with Crippen molar-refractivity contribution in [2.24, 2.45) is 0 Å². The molecule has 28 heavy (non-hydrogen) atoms. The van der Waals surface area contributed by atoms with Crippen LogP contribution in [0.25, 0.3) is 11.4 Å². The van der Waals surface area contributed by atoms with E-state index in [0.29, 0.717) is 18.1 Å². The van der Waals surface area contributed by atoms with Gasteiger partial charge in [0.25, 0.3) is 0 Å².